The number of anilines is 1. The van der Waals surface area contributed by atoms with E-state index in [1.165, 1.54) is 0 Å². The summed E-state index contributed by atoms with van der Waals surface area (Å²) < 4.78 is 3.69. The van der Waals surface area contributed by atoms with Gasteiger partial charge in [0.25, 0.3) is 5.91 Å². The third-order valence-corrected chi connectivity index (χ3v) is 6.96. The minimum absolute atomic E-state index is 0.207. The molecule has 4 aromatic rings. The molecule has 2 aromatic heterocycles. The van der Waals surface area contributed by atoms with Crippen LogP contribution in [0.15, 0.2) is 73.2 Å². The van der Waals surface area contributed by atoms with Crippen LogP contribution in [0.3, 0.4) is 0 Å². The van der Waals surface area contributed by atoms with Gasteiger partial charge in [0.2, 0.25) is 11.9 Å². The average Bonchev–Trinajstić information content (AvgIpc) is 3.67. The molecule has 5 rings (SSSR count). The van der Waals surface area contributed by atoms with Crippen molar-refractivity contribution >= 4 is 17.8 Å². The van der Waals surface area contributed by atoms with E-state index >= 15 is 0 Å². The second kappa shape index (κ2) is 11.9. The highest BCUT2D eigenvalue weighted by molar-refractivity contribution is 6.04. The first-order valence-corrected chi connectivity index (χ1v) is 13.4. The van der Waals surface area contributed by atoms with Gasteiger partial charge in [-0.15, -0.1) is 0 Å². The van der Waals surface area contributed by atoms with Crippen molar-refractivity contribution in [1.82, 2.24) is 24.2 Å². The van der Waals surface area contributed by atoms with Crippen molar-refractivity contribution in [3.05, 3.63) is 84.4 Å². The Labute approximate surface area is 223 Å². The number of carbonyl (C=O) groups excluding carboxylic acids is 2. The molecule has 0 saturated carbocycles. The minimum atomic E-state index is -0.207. The van der Waals surface area contributed by atoms with Crippen LogP contribution in [0, 0.1) is 0 Å². The van der Waals surface area contributed by atoms with E-state index in [2.05, 4.69) is 10.4 Å². The van der Waals surface area contributed by atoms with Gasteiger partial charge in [0.1, 0.15) is 0 Å². The number of hydrogen-bond acceptors (Lipinski definition) is 4. The van der Waals surface area contributed by atoms with E-state index in [4.69, 9.17) is 4.98 Å². The van der Waals surface area contributed by atoms with Gasteiger partial charge in [0.15, 0.2) is 0 Å². The third-order valence-electron chi connectivity index (χ3n) is 6.96. The zero-order valence-corrected chi connectivity index (χ0v) is 21.8. The van der Waals surface area contributed by atoms with Crippen molar-refractivity contribution in [1.29, 1.82) is 0 Å². The first-order chi connectivity index (χ1) is 18.6. The minimum Gasteiger partial charge on any atom is -0.343 e. The van der Waals surface area contributed by atoms with Gasteiger partial charge in [-0.2, -0.15) is 5.10 Å². The number of unbranched alkanes of at least 4 members (excludes halogenated alkanes) is 3. The van der Waals surface area contributed by atoms with Gasteiger partial charge in [-0.25, -0.2) is 4.98 Å². The maximum atomic E-state index is 13.2. The molecule has 0 aliphatic carbocycles. The van der Waals surface area contributed by atoms with Crippen molar-refractivity contribution in [2.75, 3.05) is 18.4 Å². The molecule has 2 aromatic carbocycles. The molecule has 0 bridgehead atoms. The Bertz CT molecular complexity index is 1390. The van der Waals surface area contributed by atoms with Gasteiger partial charge in [-0.1, -0.05) is 43.2 Å². The first-order valence-electron chi connectivity index (χ1n) is 13.4. The second-order valence-corrected chi connectivity index (χ2v) is 9.85. The summed E-state index contributed by atoms with van der Waals surface area (Å²) in [5.41, 5.74) is 4.35. The van der Waals surface area contributed by atoms with Crippen LogP contribution in [0.1, 0.15) is 54.6 Å². The van der Waals surface area contributed by atoms with Gasteiger partial charge in [-0.05, 0) is 55.5 Å². The number of imidazole rings is 1. The summed E-state index contributed by atoms with van der Waals surface area (Å²) in [7, 11) is 1.87. The second-order valence-electron chi connectivity index (χ2n) is 9.85. The molecule has 196 valence electrons. The molecular weight excluding hydrogens is 476 g/mol. The predicted octanol–water partition coefficient (Wildman–Crippen LogP) is 5.25. The van der Waals surface area contributed by atoms with Gasteiger partial charge < -0.3 is 4.90 Å². The number of rotatable bonds is 11. The third kappa shape index (κ3) is 6.19. The van der Waals surface area contributed by atoms with E-state index in [0.29, 0.717) is 23.8 Å². The number of amides is 2. The first kappa shape index (κ1) is 25.4. The van der Waals surface area contributed by atoms with Crippen molar-refractivity contribution in [3.63, 3.8) is 0 Å². The molecule has 38 heavy (non-hydrogen) atoms. The summed E-state index contributed by atoms with van der Waals surface area (Å²) in [6.07, 6.45) is 12.5. The number of nitrogens with zero attached hydrogens (tertiary/aromatic N) is 5. The molecule has 1 fully saturated rings. The van der Waals surface area contributed by atoms with Gasteiger partial charge in [0, 0.05) is 55.8 Å². The molecule has 0 unspecified atom stereocenters. The fraction of sp³-hybridized carbons (Fsp3) is 0.333. The van der Waals surface area contributed by atoms with E-state index in [-0.39, 0.29) is 5.91 Å². The van der Waals surface area contributed by atoms with E-state index in [1.54, 1.807) is 10.9 Å². The molecule has 0 atom stereocenters. The Kier molecular flexibility index (Phi) is 7.97. The van der Waals surface area contributed by atoms with Crippen LogP contribution in [-0.2, 0) is 18.3 Å². The van der Waals surface area contributed by atoms with Crippen molar-refractivity contribution in [3.8, 4) is 16.8 Å². The number of aromatic nitrogens is 4. The Hall–Kier alpha value is -4.20. The van der Waals surface area contributed by atoms with E-state index < -0.39 is 0 Å². The largest absolute Gasteiger partial charge is 0.343 e. The zero-order valence-electron chi connectivity index (χ0n) is 21.8. The Morgan fingerprint density at radius 1 is 0.974 bits per heavy atom. The smallest absolute Gasteiger partial charge is 0.258 e. The highest BCUT2D eigenvalue weighted by Crippen LogP contribution is 2.22. The molecule has 1 aliphatic rings. The fourth-order valence-corrected chi connectivity index (χ4v) is 4.91. The maximum absolute atomic E-state index is 13.2. The van der Waals surface area contributed by atoms with Crippen molar-refractivity contribution < 1.29 is 9.59 Å². The average molecular weight is 511 g/mol. The molecule has 8 nitrogen and oxygen atoms in total. The predicted molar refractivity (Wildman–Crippen MR) is 148 cm³/mol. The quantitative estimate of drug-likeness (QED) is 0.279. The van der Waals surface area contributed by atoms with Gasteiger partial charge in [0.05, 0.1) is 11.9 Å². The summed E-state index contributed by atoms with van der Waals surface area (Å²) >= 11 is 0. The lowest BCUT2D eigenvalue weighted by Gasteiger charge is -2.14. The van der Waals surface area contributed by atoms with Crippen LogP contribution in [0.5, 0.6) is 0 Å². The van der Waals surface area contributed by atoms with Gasteiger partial charge >= 0.3 is 0 Å². The molecule has 0 radical (unpaired) electrons. The molecule has 1 N–H and O–H groups in total. The number of para-hydroxylation sites is 1. The van der Waals surface area contributed by atoms with Crippen molar-refractivity contribution in [2.45, 2.75) is 44.9 Å². The van der Waals surface area contributed by atoms with E-state index in [1.807, 2.05) is 83.5 Å². The van der Waals surface area contributed by atoms with Crippen LogP contribution < -0.4 is 5.32 Å². The summed E-state index contributed by atoms with van der Waals surface area (Å²) in [6, 6.07) is 17.5. The molecule has 3 heterocycles. The highest BCUT2D eigenvalue weighted by Gasteiger charge is 2.19. The standard InChI is InChI=1S/C30H34N6O2/c1-34-21-25(20-31-34)23-11-9-12-24(19-23)29(38)33-30-32-26(22-36(30)27-14-6-4-7-15-27)13-5-2-3-8-17-35-18-10-16-28(35)37/h4,6-7,9,11-12,14-15,19-22H,2-3,5,8,10,13,16-18H2,1H3,(H,32,33,38). The van der Waals surface area contributed by atoms with Crippen LogP contribution >= 0.6 is 0 Å². The number of benzene rings is 2. The number of likely N-dealkylation sites (tertiary alicyclic amines) is 1. The lowest BCUT2D eigenvalue weighted by atomic mass is 10.1. The lowest BCUT2D eigenvalue weighted by Crippen LogP contribution is -2.25. The molecule has 2 amide bonds. The lowest BCUT2D eigenvalue weighted by molar-refractivity contribution is -0.127. The molecule has 1 aliphatic heterocycles. The van der Waals surface area contributed by atoms with E-state index in [0.717, 1.165) is 74.1 Å². The molecule has 0 spiro atoms. The number of carbonyl (C=O) groups is 2. The molecule has 8 heteroatoms. The Morgan fingerprint density at radius 3 is 2.58 bits per heavy atom. The summed E-state index contributed by atoms with van der Waals surface area (Å²) in [5, 5.41) is 7.26. The normalized spacial score (nSPS) is 13.3. The maximum Gasteiger partial charge on any atom is 0.258 e. The van der Waals surface area contributed by atoms with Crippen LogP contribution in [0.4, 0.5) is 5.95 Å². The Morgan fingerprint density at radius 2 is 1.82 bits per heavy atom. The Balaban J connectivity index is 1.23. The fourth-order valence-electron chi connectivity index (χ4n) is 4.91. The topological polar surface area (TPSA) is 85.0 Å². The van der Waals surface area contributed by atoms with E-state index in [9.17, 15) is 9.59 Å². The highest BCUT2D eigenvalue weighted by atomic mass is 16.2. The number of nitrogens with one attached hydrogen (secondary N) is 1. The van der Waals surface area contributed by atoms with Crippen molar-refractivity contribution in [2.24, 2.45) is 7.05 Å². The van der Waals surface area contributed by atoms with Gasteiger partial charge in [-0.3, -0.25) is 24.2 Å². The van der Waals surface area contributed by atoms with Crippen LogP contribution in [0.2, 0.25) is 0 Å². The molecular formula is C30H34N6O2. The summed E-state index contributed by atoms with van der Waals surface area (Å²) in [4.78, 5) is 31.8. The SMILES string of the molecule is Cn1cc(-c2cccc(C(=O)Nc3nc(CCCCCCN4CCCC4=O)cn3-c3ccccc3)c2)cn1. The molecule has 1 saturated heterocycles. The number of hydrogen-bond donors (Lipinski definition) is 1. The monoisotopic (exact) mass is 510 g/mol. The zero-order chi connectivity index (χ0) is 26.3. The van der Waals surface area contributed by atoms with Crippen LogP contribution in [0.25, 0.3) is 16.8 Å². The number of aryl methyl sites for hydroxylation is 2. The summed E-state index contributed by atoms with van der Waals surface area (Å²) in [6.45, 7) is 1.79. The van der Waals surface area contributed by atoms with Crippen LogP contribution in [-0.4, -0.2) is 49.1 Å². The summed E-state index contributed by atoms with van der Waals surface area (Å²) in [5.74, 6) is 0.604.